The lowest BCUT2D eigenvalue weighted by atomic mass is 9.82. The number of nitrogens with zero attached hydrogens (tertiary/aromatic N) is 1. The molecule has 1 aliphatic rings. The van der Waals surface area contributed by atoms with Crippen LogP contribution < -0.4 is 5.32 Å². The molecule has 0 aliphatic heterocycles. The second kappa shape index (κ2) is 6.35. The minimum absolute atomic E-state index is 0.0838. The Kier molecular flexibility index (Phi) is 4.55. The van der Waals surface area contributed by atoms with Gasteiger partial charge in [0.05, 0.1) is 15.8 Å². The number of rotatable bonds is 2. The molecule has 0 spiro atoms. The average Bonchev–Trinajstić information content (AvgIpc) is 2.77. The van der Waals surface area contributed by atoms with E-state index in [0.29, 0.717) is 15.3 Å². The van der Waals surface area contributed by atoms with E-state index < -0.39 is 17.2 Å². The fourth-order valence-electron chi connectivity index (χ4n) is 3.14. The summed E-state index contributed by atoms with van der Waals surface area (Å²) in [4.78, 5) is 16.9. The molecule has 1 aliphatic carbocycles. The maximum atomic E-state index is 12.8. The summed E-state index contributed by atoms with van der Waals surface area (Å²) < 4.78 is 38.8. The smallest absolute Gasteiger partial charge is 0.301 e. The van der Waals surface area contributed by atoms with Gasteiger partial charge in [-0.2, -0.15) is 13.2 Å². The molecule has 0 unspecified atom stereocenters. The first kappa shape index (κ1) is 17.2. The molecule has 1 aromatic carbocycles. The molecule has 24 heavy (non-hydrogen) atoms. The minimum Gasteiger partial charge on any atom is -0.301 e. The van der Waals surface area contributed by atoms with Gasteiger partial charge in [-0.3, -0.25) is 4.79 Å². The van der Waals surface area contributed by atoms with E-state index in [1.165, 1.54) is 6.07 Å². The summed E-state index contributed by atoms with van der Waals surface area (Å²) in [5.41, 5.74) is -0.660. The predicted octanol–water partition coefficient (Wildman–Crippen LogP) is 5.61. The summed E-state index contributed by atoms with van der Waals surface area (Å²) in [6, 6.07) is 3.44. The van der Waals surface area contributed by atoms with Crippen molar-refractivity contribution in [1.29, 1.82) is 0 Å². The van der Waals surface area contributed by atoms with Crippen molar-refractivity contribution in [3.8, 4) is 0 Å². The maximum absolute atomic E-state index is 12.8. The van der Waals surface area contributed by atoms with Crippen LogP contribution in [0.25, 0.3) is 10.2 Å². The van der Waals surface area contributed by atoms with Crippen molar-refractivity contribution in [3.05, 3.63) is 23.8 Å². The van der Waals surface area contributed by atoms with Gasteiger partial charge < -0.3 is 5.32 Å². The van der Waals surface area contributed by atoms with E-state index in [1.54, 1.807) is 0 Å². The van der Waals surface area contributed by atoms with Crippen LogP contribution in [0.3, 0.4) is 0 Å². The van der Waals surface area contributed by atoms with Gasteiger partial charge in [0.25, 0.3) is 0 Å². The van der Waals surface area contributed by atoms with E-state index in [2.05, 4.69) is 10.3 Å². The second-order valence-electron chi connectivity index (χ2n) is 6.63. The monoisotopic (exact) mass is 356 g/mol. The second-order valence-corrected chi connectivity index (χ2v) is 7.66. The maximum Gasteiger partial charge on any atom is 0.416 e. The number of aromatic nitrogens is 1. The zero-order valence-electron chi connectivity index (χ0n) is 13.4. The van der Waals surface area contributed by atoms with Crippen LogP contribution in [0.15, 0.2) is 18.2 Å². The van der Waals surface area contributed by atoms with E-state index in [-0.39, 0.29) is 5.91 Å². The number of nitrogens with one attached hydrogen (secondary N) is 1. The van der Waals surface area contributed by atoms with Gasteiger partial charge >= 0.3 is 6.18 Å². The van der Waals surface area contributed by atoms with E-state index >= 15 is 0 Å². The molecule has 0 bridgehead atoms. The average molecular weight is 356 g/mol. The molecule has 0 saturated heterocycles. The van der Waals surface area contributed by atoms with E-state index in [1.807, 2.05) is 6.92 Å². The number of anilines is 1. The Morgan fingerprint density at radius 3 is 2.50 bits per heavy atom. The Hall–Kier alpha value is -1.63. The van der Waals surface area contributed by atoms with Gasteiger partial charge in [-0.1, -0.05) is 43.9 Å². The number of benzene rings is 1. The molecule has 1 amide bonds. The molecular formula is C17H19F3N2OS. The van der Waals surface area contributed by atoms with Crippen molar-refractivity contribution >= 4 is 32.6 Å². The molecule has 1 aromatic heterocycles. The molecule has 0 atom stereocenters. The highest BCUT2D eigenvalue weighted by Gasteiger charge is 2.34. The van der Waals surface area contributed by atoms with Gasteiger partial charge in [-0.15, -0.1) is 0 Å². The topological polar surface area (TPSA) is 42.0 Å². The van der Waals surface area contributed by atoms with Crippen molar-refractivity contribution in [1.82, 2.24) is 4.98 Å². The number of carbonyl (C=O) groups is 1. The van der Waals surface area contributed by atoms with E-state index in [0.717, 1.165) is 62.0 Å². The molecule has 1 heterocycles. The van der Waals surface area contributed by atoms with Crippen LogP contribution in [0.1, 0.15) is 51.0 Å². The molecule has 3 nitrogen and oxygen atoms in total. The lowest BCUT2D eigenvalue weighted by Crippen LogP contribution is -2.33. The Morgan fingerprint density at radius 1 is 1.21 bits per heavy atom. The third kappa shape index (κ3) is 3.55. The largest absolute Gasteiger partial charge is 0.416 e. The van der Waals surface area contributed by atoms with E-state index in [4.69, 9.17) is 0 Å². The minimum atomic E-state index is -4.38. The Bertz CT molecular complexity index is 746. The summed E-state index contributed by atoms with van der Waals surface area (Å²) in [7, 11) is 0. The Labute approximate surface area is 142 Å². The third-order valence-electron chi connectivity index (χ3n) is 4.69. The Morgan fingerprint density at radius 2 is 1.88 bits per heavy atom. The first-order chi connectivity index (χ1) is 11.3. The van der Waals surface area contributed by atoms with Gasteiger partial charge in [0, 0.05) is 5.41 Å². The molecule has 7 heteroatoms. The summed E-state index contributed by atoms with van der Waals surface area (Å²) in [5, 5.41) is 3.18. The number of hydrogen-bond donors (Lipinski definition) is 1. The van der Waals surface area contributed by atoms with Crippen molar-refractivity contribution in [3.63, 3.8) is 0 Å². The summed E-state index contributed by atoms with van der Waals surface area (Å²) in [6.45, 7) is 1.96. The number of amides is 1. The normalized spacial score (nSPS) is 18.3. The quantitative estimate of drug-likeness (QED) is 0.710. The van der Waals surface area contributed by atoms with E-state index in [9.17, 15) is 18.0 Å². The summed E-state index contributed by atoms with van der Waals surface area (Å²) in [6.07, 6.45) is 1.63. The first-order valence-electron chi connectivity index (χ1n) is 8.07. The lowest BCUT2D eigenvalue weighted by molar-refractivity contribution is -0.137. The van der Waals surface area contributed by atoms with Crippen molar-refractivity contribution in [2.24, 2.45) is 5.41 Å². The number of hydrogen-bond acceptors (Lipinski definition) is 3. The SMILES string of the molecule is CC1(C(=O)Nc2nc3ccc(C(F)(F)F)cc3s2)CCCCCC1. The van der Waals surface area contributed by atoms with Crippen LogP contribution in [0, 0.1) is 5.41 Å². The van der Waals surface area contributed by atoms with Crippen molar-refractivity contribution < 1.29 is 18.0 Å². The van der Waals surface area contributed by atoms with Gasteiger partial charge in [0.2, 0.25) is 5.91 Å². The lowest BCUT2D eigenvalue weighted by Gasteiger charge is -2.25. The van der Waals surface area contributed by atoms with Gasteiger partial charge in [0.1, 0.15) is 0 Å². The molecular weight excluding hydrogens is 337 g/mol. The van der Waals surface area contributed by atoms with Crippen LogP contribution in [0.2, 0.25) is 0 Å². The predicted molar refractivity (Wildman–Crippen MR) is 89.1 cm³/mol. The van der Waals surface area contributed by atoms with Crippen LogP contribution in [-0.2, 0) is 11.0 Å². The van der Waals surface area contributed by atoms with Crippen molar-refractivity contribution in [2.75, 3.05) is 5.32 Å². The molecule has 1 fully saturated rings. The van der Waals surface area contributed by atoms with Crippen LogP contribution >= 0.6 is 11.3 Å². The zero-order valence-corrected chi connectivity index (χ0v) is 14.2. The number of alkyl halides is 3. The highest BCUT2D eigenvalue weighted by Crippen LogP contribution is 2.37. The molecule has 3 rings (SSSR count). The number of carbonyl (C=O) groups excluding carboxylic acids is 1. The number of thiazole rings is 1. The fraction of sp³-hybridized carbons (Fsp3) is 0.529. The first-order valence-corrected chi connectivity index (χ1v) is 8.89. The van der Waals surface area contributed by atoms with Crippen LogP contribution in [0.4, 0.5) is 18.3 Å². The Balaban J connectivity index is 1.81. The van der Waals surface area contributed by atoms with Gasteiger partial charge in [-0.25, -0.2) is 4.98 Å². The van der Waals surface area contributed by atoms with Gasteiger partial charge in [-0.05, 0) is 31.0 Å². The standard InChI is InChI=1S/C17H19F3N2OS/c1-16(8-4-2-3-5-9-16)14(23)22-15-21-12-7-6-11(17(18,19)20)10-13(12)24-15/h6-7,10H,2-5,8-9H2,1H3,(H,21,22,23). The molecule has 0 radical (unpaired) electrons. The fourth-order valence-corrected chi connectivity index (χ4v) is 4.04. The van der Waals surface area contributed by atoms with Crippen LogP contribution in [-0.4, -0.2) is 10.9 Å². The van der Waals surface area contributed by atoms with Gasteiger partial charge in [0.15, 0.2) is 5.13 Å². The number of fused-ring (bicyclic) bond motifs is 1. The summed E-state index contributed by atoms with van der Waals surface area (Å²) >= 11 is 1.08. The highest BCUT2D eigenvalue weighted by molar-refractivity contribution is 7.22. The molecule has 130 valence electrons. The molecule has 2 aromatic rings. The molecule has 1 N–H and O–H groups in total. The molecule has 1 saturated carbocycles. The van der Waals surface area contributed by atoms with Crippen molar-refractivity contribution in [2.45, 2.75) is 51.6 Å². The third-order valence-corrected chi connectivity index (χ3v) is 5.63. The summed E-state index contributed by atoms with van der Waals surface area (Å²) in [5.74, 6) is -0.0838. The number of halogens is 3. The zero-order chi connectivity index (χ0) is 17.4. The highest BCUT2D eigenvalue weighted by atomic mass is 32.1. The van der Waals surface area contributed by atoms with Crippen LogP contribution in [0.5, 0.6) is 0 Å².